The highest BCUT2D eigenvalue weighted by Gasteiger charge is 2.30. The van der Waals surface area contributed by atoms with Gasteiger partial charge in [-0.15, -0.1) is 0 Å². The van der Waals surface area contributed by atoms with E-state index in [0.717, 1.165) is 11.7 Å². The number of aromatic nitrogens is 2. The lowest BCUT2D eigenvalue weighted by Crippen LogP contribution is -2.43. The molecule has 128 valence electrons. The van der Waals surface area contributed by atoms with Crippen LogP contribution in [0.2, 0.25) is 0 Å². The van der Waals surface area contributed by atoms with Crippen molar-refractivity contribution < 1.29 is 14.3 Å². The highest BCUT2D eigenvalue weighted by Crippen LogP contribution is 2.25. The van der Waals surface area contributed by atoms with Gasteiger partial charge in [-0.2, -0.15) is 0 Å². The lowest BCUT2D eigenvalue weighted by Gasteiger charge is -2.32. The predicted octanol–water partition coefficient (Wildman–Crippen LogP) is 2.19. The minimum Gasteiger partial charge on any atom is -0.466 e. The van der Waals surface area contributed by atoms with Gasteiger partial charge in [0.15, 0.2) is 5.16 Å². The van der Waals surface area contributed by atoms with Crippen molar-refractivity contribution in [2.24, 2.45) is 5.92 Å². The van der Waals surface area contributed by atoms with Gasteiger partial charge >= 0.3 is 5.97 Å². The smallest absolute Gasteiger partial charge is 0.309 e. The predicted molar refractivity (Wildman–Crippen MR) is 89.2 cm³/mol. The Bertz CT molecular complexity index is 538. The molecule has 0 N–H and O–H groups in total. The first-order chi connectivity index (χ1) is 11.1. The number of rotatable bonds is 6. The second kappa shape index (κ2) is 8.38. The minimum absolute atomic E-state index is 0.0686. The summed E-state index contributed by atoms with van der Waals surface area (Å²) in [6, 6.07) is 0. The molecule has 0 radical (unpaired) electrons. The summed E-state index contributed by atoms with van der Waals surface area (Å²) in [5.74, 6) is -0.0871. The fraction of sp³-hybridized carbons (Fsp3) is 0.688. The van der Waals surface area contributed by atoms with Gasteiger partial charge in [0, 0.05) is 32.0 Å². The zero-order valence-corrected chi connectivity index (χ0v) is 14.8. The molecule has 2 heterocycles. The van der Waals surface area contributed by atoms with Crippen molar-refractivity contribution in [2.75, 3.05) is 19.7 Å². The Morgan fingerprint density at radius 3 is 2.70 bits per heavy atom. The fourth-order valence-corrected chi connectivity index (χ4v) is 3.73. The Balaban J connectivity index is 1.85. The van der Waals surface area contributed by atoms with Crippen molar-refractivity contribution in [1.82, 2.24) is 14.5 Å². The van der Waals surface area contributed by atoms with E-state index in [0.29, 0.717) is 32.5 Å². The molecule has 1 aliphatic heterocycles. The van der Waals surface area contributed by atoms with Crippen molar-refractivity contribution in [3.05, 3.63) is 12.4 Å². The van der Waals surface area contributed by atoms with E-state index in [9.17, 15) is 9.59 Å². The van der Waals surface area contributed by atoms with E-state index in [1.807, 2.05) is 29.5 Å². The van der Waals surface area contributed by atoms with Crippen LogP contribution in [0.25, 0.3) is 0 Å². The molecule has 1 aromatic heterocycles. The summed E-state index contributed by atoms with van der Waals surface area (Å²) in [5, 5.41) is 0.691. The standard InChI is InChI=1S/C16H25N3O3S/c1-4-18-11-8-17-16(18)23-12(3)14(20)19-9-6-13(7-10-19)15(21)22-5-2/h8,11-13H,4-7,9-10H2,1-3H3. The van der Waals surface area contributed by atoms with Gasteiger partial charge in [-0.25, -0.2) is 4.98 Å². The number of esters is 1. The van der Waals surface area contributed by atoms with Crippen LogP contribution in [-0.4, -0.2) is 51.3 Å². The maximum Gasteiger partial charge on any atom is 0.309 e. The molecule has 7 heteroatoms. The number of thioether (sulfide) groups is 1. The zero-order valence-electron chi connectivity index (χ0n) is 14.0. The van der Waals surface area contributed by atoms with Crippen LogP contribution in [-0.2, 0) is 20.9 Å². The van der Waals surface area contributed by atoms with Crippen molar-refractivity contribution in [1.29, 1.82) is 0 Å². The Morgan fingerprint density at radius 1 is 1.39 bits per heavy atom. The molecule has 0 saturated carbocycles. The first kappa shape index (κ1) is 17.8. The minimum atomic E-state index is -0.179. The summed E-state index contributed by atoms with van der Waals surface area (Å²) >= 11 is 1.49. The van der Waals surface area contributed by atoms with Gasteiger partial charge in [-0.1, -0.05) is 11.8 Å². The molecular weight excluding hydrogens is 314 g/mol. The molecule has 1 amide bonds. The van der Waals surface area contributed by atoms with Gasteiger partial charge in [0.25, 0.3) is 0 Å². The normalized spacial score (nSPS) is 17.1. The number of piperidine rings is 1. The summed E-state index contributed by atoms with van der Waals surface area (Å²) in [5.41, 5.74) is 0. The van der Waals surface area contributed by atoms with Crippen LogP contribution >= 0.6 is 11.8 Å². The average molecular weight is 339 g/mol. The molecule has 1 saturated heterocycles. The Labute approximate surface area is 141 Å². The van der Waals surface area contributed by atoms with E-state index in [2.05, 4.69) is 11.9 Å². The number of amides is 1. The largest absolute Gasteiger partial charge is 0.466 e. The SMILES string of the molecule is CCOC(=O)C1CCN(C(=O)C(C)Sc2nccn2CC)CC1. The number of carbonyl (C=O) groups is 2. The van der Waals surface area contributed by atoms with Crippen LogP contribution < -0.4 is 0 Å². The third kappa shape index (κ3) is 4.50. The van der Waals surface area contributed by atoms with Gasteiger partial charge in [0.2, 0.25) is 5.91 Å². The molecule has 1 unspecified atom stereocenters. The average Bonchev–Trinajstić information content (AvgIpc) is 3.01. The first-order valence-electron chi connectivity index (χ1n) is 8.20. The molecule has 0 spiro atoms. The number of ether oxygens (including phenoxy) is 1. The molecular formula is C16H25N3O3S. The van der Waals surface area contributed by atoms with E-state index >= 15 is 0 Å². The second-order valence-electron chi connectivity index (χ2n) is 5.61. The van der Waals surface area contributed by atoms with E-state index < -0.39 is 0 Å². The summed E-state index contributed by atoms with van der Waals surface area (Å²) < 4.78 is 7.09. The highest BCUT2D eigenvalue weighted by atomic mass is 32.2. The Kier molecular flexibility index (Phi) is 6.50. The van der Waals surface area contributed by atoms with Crippen LogP contribution in [0.1, 0.15) is 33.6 Å². The molecule has 2 rings (SSSR count). The third-order valence-corrected chi connectivity index (χ3v) is 5.18. The van der Waals surface area contributed by atoms with Crippen molar-refractivity contribution in [2.45, 2.75) is 50.6 Å². The van der Waals surface area contributed by atoms with Gasteiger partial charge in [0.1, 0.15) is 0 Å². The van der Waals surface area contributed by atoms with Gasteiger partial charge < -0.3 is 14.2 Å². The Hall–Kier alpha value is -1.50. The van der Waals surface area contributed by atoms with Crippen LogP contribution in [0, 0.1) is 5.92 Å². The molecule has 1 atom stereocenters. The number of carbonyl (C=O) groups excluding carboxylic acids is 2. The number of imidazole rings is 1. The number of likely N-dealkylation sites (tertiary alicyclic amines) is 1. The highest BCUT2D eigenvalue weighted by molar-refractivity contribution is 8.00. The number of nitrogens with zero attached hydrogens (tertiary/aromatic N) is 3. The molecule has 0 aromatic carbocycles. The molecule has 1 aliphatic rings. The van der Waals surface area contributed by atoms with Crippen LogP contribution in [0.15, 0.2) is 17.6 Å². The fourth-order valence-electron chi connectivity index (χ4n) is 2.72. The summed E-state index contributed by atoms with van der Waals surface area (Å²) in [6.07, 6.45) is 5.05. The molecule has 1 aromatic rings. The molecule has 0 aliphatic carbocycles. The molecule has 0 bridgehead atoms. The lowest BCUT2D eigenvalue weighted by atomic mass is 9.97. The zero-order chi connectivity index (χ0) is 16.8. The summed E-state index contributed by atoms with van der Waals surface area (Å²) in [7, 11) is 0. The molecule has 6 nitrogen and oxygen atoms in total. The maximum atomic E-state index is 12.6. The topological polar surface area (TPSA) is 64.4 Å². The van der Waals surface area contributed by atoms with Crippen LogP contribution in [0.5, 0.6) is 0 Å². The molecule has 23 heavy (non-hydrogen) atoms. The lowest BCUT2D eigenvalue weighted by molar-refractivity contribution is -0.151. The number of hydrogen-bond acceptors (Lipinski definition) is 5. The second-order valence-corrected chi connectivity index (χ2v) is 6.92. The van der Waals surface area contributed by atoms with E-state index in [-0.39, 0.29) is 23.0 Å². The van der Waals surface area contributed by atoms with Crippen molar-refractivity contribution in [3.63, 3.8) is 0 Å². The maximum absolute atomic E-state index is 12.6. The van der Waals surface area contributed by atoms with E-state index in [1.54, 1.807) is 6.20 Å². The number of aryl methyl sites for hydroxylation is 1. The van der Waals surface area contributed by atoms with E-state index in [1.165, 1.54) is 11.8 Å². The number of hydrogen-bond donors (Lipinski definition) is 0. The van der Waals surface area contributed by atoms with Gasteiger partial charge in [-0.3, -0.25) is 9.59 Å². The summed E-state index contributed by atoms with van der Waals surface area (Å²) in [6.45, 7) is 8.28. The van der Waals surface area contributed by atoms with E-state index in [4.69, 9.17) is 4.74 Å². The van der Waals surface area contributed by atoms with Crippen LogP contribution in [0.4, 0.5) is 0 Å². The van der Waals surface area contributed by atoms with Crippen LogP contribution in [0.3, 0.4) is 0 Å². The van der Waals surface area contributed by atoms with Gasteiger partial charge in [-0.05, 0) is 33.6 Å². The van der Waals surface area contributed by atoms with Crippen molar-refractivity contribution >= 4 is 23.6 Å². The summed E-state index contributed by atoms with van der Waals surface area (Å²) in [4.78, 5) is 30.5. The quantitative estimate of drug-likeness (QED) is 0.587. The monoisotopic (exact) mass is 339 g/mol. The molecule has 1 fully saturated rings. The Morgan fingerprint density at radius 2 is 2.09 bits per heavy atom. The first-order valence-corrected chi connectivity index (χ1v) is 9.08. The van der Waals surface area contributed by atoms with Crippen molar-refractivity contribution in [3.8, 4) is 0 Å². The van der Waals surface area contributed by atoms with Gasteiger partial charge in [0.05, 0.1) is 17.8 Å². The third-order valence-electron chi connectivity index (χ3n) is 4.07.